The van der Waals surface area contributed by atoms with E-state index in [1.807, 2.05) is 13.0 Å². The Morgan fingerprint density at radius 2 is 2.05 bits per heavy atom. The number of amidine groups is 1. The van der Waals surface area contributed by atoms with E-state index in [4.69, 9.17) is 11.6 Å². The van der Waals surface area contributed by atoms with Crippen molar-refractivity contribution in [1.29, 1.82) is 0 Å². The molecule has 0 aliphatic heterocycles. The minimum Gasteiger partial charge on any atom is -0.398 e. The molecule has 7 heteroatoms. The van der Waals surface area contributed by atoms with Crippen LogP contribution in [0.4, 0.5) is 14.5 Å². The molecule has 0 heterocycles. The summed E-state index contributed by atoms with van der Waals surface area (Å²) in [6, 6.07) is 4.78. The molecule has 2 rings (SSSR count). The summed E-state index contributed by atoms with van der Waals surface area (Å²) in [5, 5.41) is 11.2. The Morgan fingerprint density at radius 1 is 1.37 bits per heavy atom. The maximum absolute atomic E-state index is 12.6. The molecule has 0 radical (unpaired) electrons. The summed E-state index contributed by atoms with van der Waals surface area (Å²) in [5.74, 6) is 2.81. The highest BCUT2D eigenvalue weighted by molar-refractivity contribution is 5.99. The van der Waals surface area contributed by atoms with Crippen LogP contribution in [-0.4, -0.2) is 17.8 Å². The van der Waals surface area contributed by atoms with E-state index in [-0.39, 0.29) is 18.7 Å². The maximum Gasteiger partial charge on any atom is 0.252 e. The van der Waals surface area contributed by atoms with Crippen molar-refractivity contribution in [2.75, 3.05) is 5.73 Å². The number of hydrogen-bond acceptors (Lipinski definition) is 4. The van der Waals surface area contributed by atoms with Gasteiger partial charge in [0, 0.05) is 24.1 Å². The van der Waals surface area contributed by atoms with Gasteiger partial charge in [-0.25, -0.2) is 8.78 Å². The van der Waals surface area contributed by atoms with Crippen LogP contribution in [-0.2, 0) is 0 Å². The molecule has 0 unspecified atom stereocenters. The summed E-state index contributed by atoms with van der Waals surface area (Å²) in [4.78, 5) is 0. The van der Waals surface area contributed by atoms with Crippen molar-refractivity contribution in [3.05, 3.63) is 29.3 Å². The number of anilines is 1. The number of alkyl halides is 2. The Morgan fingerprint density at radius 3 is 2.58 bits per heavy atom. The van der Waals surface area contributed by atoms with Crippen LogP contribution < -0.4 is 11.6 Å². The number of hydrazone groups is 1. The summed E-state index contributed by atoms with van der Waals surface area (Å²) in [6.45, 7) is 1.87. The third-order valence-electron chi connectivity index (χ3n) is 3.04. The predicted molar refractivity (Wildman–Crippen MR) is 69.1 cm³/mol. The van der Waals surface area contributed by atoms with Crippen LogP contribution >= 0.6 is 0 Å². The highest BCUT2D eigenvalue weighted by Gasteiger charge is 2.45. The minimum absolute atomic E-state index is 0.182. The molecule has 1 saturated carbocycles. The zero-order valence-electron chi connectivity index (χ0n) is 10.5. The van der Waals surface area contributed by atoms with Crippen molar-refractivity contribution in [1.82, 2.24) is 0 Å². The largest absolute Gasteiger partial charge is 0.398 e. The minimum atomic E-state index is -2.61. The molecule has 5 nitrogen and oxygen atoms in total. The Bertz CT molecular complexity index is 531. The van der Waals surface area contributed by atoms with Gasteiger partial charge in [0.15, 0.2) is 5.84 Å². The molecule has 1 aromatic rings. The fraction of sp³-hybridized carbons (Fsp3) is 0.417. The topological polar surface area (TPSA) is 89.1 Å². The summed E-state index contributed by atoms with van der Waals surface area (Å²) < 4.78 is 25.3. The van der Waals surface area contributed by atoms with Gasteiger partial charge in [0.25, 0.3) is 5.92 Å². The van der Waals surface area contributed by atoms with Gasteiger partial charge in [0.05, 0.1) is 6.04 Å². The molecule has 4 N–H and O–H groups in total. The van der Waals surface area contributed by atoms with Crippen LogP contribution in [0.25, 0.3) is 0 Å². The summed E-state index contributed by atoms with van der Waals surface area (Å²) in [6.07, 6.45) is -0.547. The number of benzene rings is 1. The van der Waals surface area contributed by atoms with Crippen LogP contribution in [0.15, 0.2) is 33.5 Å². The second-order valence-electron chi connectivity index (χ2n) is 4.66. The number of rotatable bonds is 2. The van der Waals surface area contributed by atoms with Gasteiger partial charge in [0.2, 0.25) is 0 Å². The molecule has 19 heavy (non-hydrogen) atoms. The molecular weight excluding hydrogens is 252 g/mol. The monoisotopic (exact) mass is 267 g/mol. The van der Waals surface area contributed by atoms with Crippen LogP contribution in [0.3, 0.4) is 0 Å². The predicted octanol–water partition coefficient (Wildman–Crippen LogP) is 2.45. The SMILES string of the molecule is Cc1ccc(/C(N=NC2CC(F)(F)C2)=N/N)cc1N. The lowest BCUT2D eigenvalue weighted by atomic mass is 9.89. The van der Waals surface area contributed by atoms with E-state index in [0.29, 0.717) is 11.3 Å². The number of halogens is 2. The van der Waals surface area contributed by atoms with Gasteiger partial charge in [0.1, 0.15) is 0 Å². The number of aryl methyl sites for hydroxylation is 1. The average molecular weight is 267 g/mol. The molecule has 0 saturated heterocycles. The molecule has 1 fully saturated rings. The van der Waals surface area contributed by atoms with Crippen LogP contribution in [0.1, 0.15) is 24.0 Å². The molecule has 1 aliphatic rings. The molecule has 0 spiro atoms. The van der Waals surface area contributed by atoms with Gasteiger partial charge >= 0.3 is 0 Å². The zero-order chi connectivity index (χ0) is 14.0. The molecule has 1 aromatic carbocycles. The van der Waals surface area contributed by atoms with E-state index in [1.165, 1.54) is 0 Å². The Labute approximate surface area is 109 Å². The van der Waals surface area contributed by atoms with Crippen LogP contribution in [0.5, 0.6) is 0 Å². The Balaban J connectivity index is 2.09. The fourth-order valence-electron chi connectivity index (χ4n) is 1.79. The van der Waals surface area contributed by atoms with Crippen molar-refractivity contribution < 1.29 is 8.78 Å². The van der Waals surface area contributed by atoms with Gasteiger partial charge in [-0.1, -0.05) is 12.1 Å². The van der Waals surface area contributed by atoms with Crippen LogP contribution in [0, 0.1) is 6.92 Å². The van der Waals surface area contributed by atoms with E-state index in [9.17, 15) is 8.78 Å². The van der Waals surface area contributed by atoms with Gasteiger partial charge in [-0.3, -0.25) is 0 Å². The number of azo groups is 1. The quantitative estimate of drug-likeness (QED) is 0.215. The Hall–Kier alpha value is -2.05. The van der Waals surface area contributed by atoms with Crippen LogP contribution in [0.2, 0.25) is 0 Å². The smallest absolute Gasteiger partial charge is 0.252 e. The summed E-state index contributed by atoms with van der Waals surface area (Å²) >= 11 is 0. The summed E-state index contributed by atoms with van der Waals surface area (Å²) in [5.41, 5.74) is 7.90. The van der Waals surface area contributed by atoms with Gasteiger partial charge in [-0.2, -0.15) is 10.2 Å². The first kappa shape index (κ1) is 13.4. The summed E-state index contributed by atoms with van der Waals surface area (Å²) in [7, 11) is 0. The van der Waals surface area contributed by atoms with Gasteiger partial charge < -0.3 is 11.6 Å². The maximum atomic E-state index is 12.6. The van der Waals surface area contributed by atoms with Crippen molar-refractivity contribution in [2.45, 2.75) is 31.7 Å². The fourth-order valence-corrected chi connectivity index (χ4v) is 1.79. The van der Waals surface area contributed by atoms with Crippen molar-refractivity contribution in [3.63, 3.8) is 0 Å². The lowest BCUT2D eigenvalue weighted by Gasteiger charge is -2.30. The zero-order valence-corrected chi connectivity index (χ0v) is 10.5. The van der Waals surface area contributed by atoms with E-state index < -0.39 is 12.0 Å². The number of hydrogen-bond donors (Lipinski definition) is 2. The van der Waals surface area contributed by atoms with Crippen molar-refractivity contribution in [3.8, 4) is 0 Å². The van der Waals surface area contributed by atoms with Crippen molar-refractivity contribution in [2.24, 2.45) is 21.2 Å². The number of nitrogen functional groups attached to an aromatic ring is 1. The van der Waals surface area contributed by atoms with E-state index in [0.717, 1.165) is 5.56 Å². The molecule has 102 valence electrons. The molecule has 0 aromatic heterocycles. The lowest BCUT2D eigenvalue weighted by molar-refractivity contribution is -0.0847. The first-order valence-electron chi connectivity index (χ1n) is 5.84. The second kappa shape index (κ2) is 4.91. The molecule has 0 bridgehead atoms. The number of nitrogens with two attached hydrogens (primary N) is 2. The first-order chi connectivity index (χ1) is 8.91. The van der Waals surface area contributed by atoms with E-state index in [1.54, 1.807) is 12.1 Å². The molecule has 1 aliphatic carbocycles. The standard InChI is InChI=1S/C12H15F2N5/c1-7-2-3-8(4-10(7)15)11(17-16)19-18-9-5-12(13,14)6-9/h2-4,9H,5-6,15-16H2,1H3/b17-11-,19-18?. The highest BCUT2D eigenvalue weighted by Crippen LogP contribution is 2.39. The van der Waals surface area contributed by atoms with E-state index >= 15 is 0 Å². The van der Waals surface area contributed by atoms with Gasteiger partial charge in [-0.05, 0) is 18.6 Å². The van der Waals surface area contributed by atoms with Crippen molar-refractivity contribution >= 4 is 11.5 Å². The number of nitrogens with zero attached hydrogens (tertiary/aromatic N) is 3. The third kappa shape index (κ3) is 3.04. The first-order valence-corrected chi connectivity index (χ1v) is 5.84. The Kier molecular flexibility index (Phi) is 3.46. The molecular formula is C12H15F2N5. The average Bonchev–Trinajstić information content (AvgIpc) is 2.31. The third-order valence-corrected chi connectivity index (χ3v) is 3.04. The molecule has 0 atom stereocenters. The van der Waals surface area contributed by atoms with Gasteiger partial charge in [-0.15, -0.1) is 5.11 Å². The lowest BCUT2D eigenvalue weighted by Crippen LogP contribution is -2.38. The second-order valence-corrected chi connectivity index (χ2v) is 4.66. The normalized spacial score (nSPS) is 19.6. The highest BCUT2D eigenvalue weighted by atomic mass is 19.3. The van der Waals surface area contributed by atoms with E-state index in [2.05, 4.69) is 15.3 Å². The molecule has 0 amide bonds.